The maximum Gasteiger partial charge on any atom is 0.339 e. The second-order valence-corrected chi connectivity index (χ2v) is 4.19. The Bertz CT molecular complexity index is 423. The van der Waals surface area contributed by atoms with Gasteiger partial charge in [0.1, 0.15) is 11.3 Å². The molecule has 0 saturated heterocycles. The quantitative estimate of drug-likeness (QED) is 0.619. The zero-order valence-corrected chi connectivity index (χ0v) is 11.8. The molecule has 0 aliphatic carbocycles. The summed E-state index contributed by atoms with van der Waals surface area (Å²) in [5, 5.41) is 8.94. The fraction of sp³-hybridized carbons (Fsp3) is 0.417. The first kappa shape index (κ1) is 17.5. The number of nitrogens with two attached hydrogens (primary N) is 3. The minimum atomic E-state index is -1.10. The van der Waals surface area contributed by atoms with Crippen molar-refractivity contribution in [3.63, 3.8) is 0 Å². The van der Waals surface area contributed by atoms with Gasteiger partial charge in [-0.1, -0.05) is 18.5 Å². The van der Waals surface area contributed by atoms with Crippen LogP contribution in [0.2, 0.25) is 5.02 Å². The van der Waals surface area contributed by atoms with Crippen LogP contribution in [0.3, 0.4) is 0 Å². The summed E-state index contributed by atoms with van der Waals surface area (Å²) in [6, 6.07) is 2.86. The van der Waals surface area contributed by atoms with E-state index in [2.05, 4.69) is 0 Å². The molecule has 0 aromatic heterocycles. The van der Waals surface area contributed by atoms with Gasteiger partial charge in [0, 0.05) is 18.7 Å². The van der Waals surface area contributed by atoms with Crippen molar-refractivity contribution in [2.75, 3.05) is 19.4 Å². The first-order valence-corrected chi connectivity index (χ1v) is 6.07. The predicted molar refractivity (Wildman–Crippen MR) is 76.7 cm³/mol. The predicted octanol–water partition coefficient (Wildman–Crippen LogP) is 1.31. The lowest BCUT2D eigenvalue weighted by Crippen LogP contribution is -2.28. The Labute approximate surface area is 117 Å². The summed E-state index contributed by atoms with van der Waals surface area (Å²) in [7, 11) is 1.37. The first-order chi connectivity index (χ1) is 8.87. The van der Waals surface area contributed by atoms with Crippen LogP contribution in [-0.2, 0) is 0 Å². The molecule has 0 amide bonds. The molecule has 1 rings (SSSR count). The van der Waals surface area contributed by atoms with Crippen LogP contribution in [0.25, 0.3) is 0 Å². The fourth-order valence-electron chi connectivity index (χ4n) is 1.07. The maximum absolute atomic E-state index is 10.7. The van der Waals surface area contributed by atoms with E-state index >= 15 is 0 Å². The van der Waals surface area contributed by atoms with Crippen molar-refractivity contribution in [2.24, 2.45) is 11.5 Å². The van der Waals surface area contributed by atoms with E-state index < -0.39 is 5.97 Å². The molecule has 0 heterocycles. The highest BCUT2D eigenvalue weighted by molar-refractivity contribution is 6.33. The molecular formula is C12H20ClN3O3. The van der Waals surface area contributed by atoms with E-state index in [1.807, 2.05) is 6.92 Å². The minimum Gasteiger partial charge on any atom is -0.496 e. The van der Waals surface area contributed by atoms with E-state index in [0.29, 0.717) is 12.2 Å². The van der Waals surface area contributed by atoms with Crippen LogP contribution in [0.4, 0.5) is 5.69 Å². The minimum absolute atomic E-state index is 0.00157. The van der Waals surface area contributed by atoms with E-state index in [1.165, 1.54) is 19.2 Å². The number of methoxy groups -OCH3 is 1. The molecule has 0 aliphatic rings. The lowest BCUT2D eigenvalue weighted by Gasteiger charge is -2.06. The molecule has 1 unspecified atom stereocenters. The van der Waals surface area contributed by atoms with Crippen molar-refractivity contribution in [3.8, 4) is 5.75 Å². The fourth-order valence-corrected chi connectivity index (χ4v) is 1.24. The molecule has 1 aromatic rings. The molecule has 19 heavy (non-hydrogen) atoms. The smallest absolute Gasteiger partial charge is 0.339 e. The zero-order valence-electron chi connectivity index (χ0n) is 11.0. The number of nitrogen functional groups attached to an aromatic ring is 1. The SMILES string of the molecule is CCC(N)CN.COc1cc(N)c(Cl)cc1C(=O)O. The number of carboxylic acid groups (broad SMARTS) is 1. The summed E-state index contributed by atoms with van der Waals surface area (Å²) >= 11 is 5.64. The number of halogens is 1. The third kappa shape index (κ3) is 5.78. The van der Waals surface area contributed by atoms with Crippen LogP contribution in [-0.4, -0.2) is 30.8 Å². The van der Waals surface area contributed by atoms with Gasteiger partial charge in [-0.3, -0.25) is 0 Å². The normalized spacial score (nSPS) is 11.2. The van der Waals surface area contributed by atoms with Crippen molar-refractivity contribution in [1.82, 2.24) is 0 Å². The number of carboxylic acids is 1. The van der Waals surface area contributed by atoms with Crippen molar-refractivity contribution < 1.29 is 14.6 Å². The topological polar surface area (TPSA) is 125 Å². The second kappa shape index (κ2) is 8.58. The monoisotopic (exact) mass is 289 g/mol. The number of benzene rings is 1. The van der Waals surface area contributed by atoms with Gasteiger partial charge in [0.2, 0.25) is 0 Å². The van der Waals surface area contributed by atoms with Gasteiger partial charge >= 0.3 is 5.97 Å². The van der Waals surface area contributed by atoms with E-state index in [9.17, 15) is 4.79 Å². The maximum atomic E-state index is 10.7. The van der Waals surface area contributed by atoms with Crippen LogP contribution in [0.15, 0.2) is 12.1 Å². The lowest BCUT2D eigenvalue weighted by molar-refractivity contribution is 0.0693. The molecule has 0 spiro atoms. The Morgan fingerprint density at radius 1 is 1.53 bits per heavy atom. The summed E-state index contributed by atoms with van der Waals surface area (Å²) in [6.07, 6.45) is 0.983. The van der Waals surface area contributed by atoms with Gasteiger partial charge in [0.05, 0.1) is 17.8 Å². The van der Waals surface area contributed by atoms with Gasteiger partial charge in [-0.2, -0.15) is 0 Å². The molecule has 6 nitrogen and oxygen atoms in total. The number of hydrogen-bond acceptors (Lipinski definition) is 5. The Balaban J connectivity index is 0.000000459. The van der Waals surface area contributed by atoms with Gasteiger partial charge in [-0.05, 0) is 12.5 Å². The van der Waals surface area contributed by atoms with Gasteiger partial charge in [0.25, 0.3) is 0 Å². The number of rotatable bonds is 4. The van der Waals surface area contributed by atoms with Crippen LogP contribution in [0, 0.1) is 0 Å². The van der Waals surface area contributed by atoms with E-state index in [4.69, 9.17) is 38.6 Å². The van der Waals surface area contributed by atoms with Crippen LogP contribution >= 0.6 is 11.6 Å². The average Bonchev–Trinajstić information content (AvgIpc) is 2.40. The largest absolute Gasteiger partial charge is 0.496 e. The van der Waals surface area contributed by atoms with Crippen molar-refractivity contribution in [2.45, 2.75) is 19.4 Å². The molecule has 1 aromatic carbocycles. The van der Waals surface area contributed by atoms with E-state index in [-0.39, 0.29) is 22.4 Å². The van der Waals surface area contributed by atoms with Crippen molar-refractivity contribution in [3.05, 3.63) is 22.7 Å². The van der Waals surface area contributed by atoms with Crippen LogP contribution in [0.5, 0.6) is 5.75 Å². The van der Waals surface area contributed by atoms with Crippen LogP contribution in [0.1, 0.15) is 23.7 Å². The zero-order chi connectivity index (χ0) is 15.0. The molecule has 0 saturated carbocycles. The van der Waals surface area contributed by atoms with E-state index in [1.54, 1.807) is 0 Å². The molecule has 0 aliphatic heterocycles. The third-order valence-electron chi connectivity index (χ3n) is 2.38. The molecule has 1 atom stereocenters. The Morgan fingerprint density at radius 2 is 2.11 bits per heavy atom. The molecule has 108 valence electrons. The van der Waals surface area contributed by atoms with E-state index in [0.717, 1.165) is 6.42 Å². The molecular weight excluding hydrogens is 270 g/mol. The first-order valence-electron chi connectivity index (χ1n) is 5.69. The summed E-state index contributed by atoms with van der Waals surface area (Å²) in [4.78, 5) is 10.7. The summed E-state index contributed by atoms with van der Waals surface area (Å²) in [6.45, 7) is 2.63. The van der Waals surface area contributed by atoms with Crippen LogP contribution < -0.4 is 21.9 Å². The molecule has 7 heteroatoms. The van der Waals surface area contributed by atoms with Gasteiger partial charge < -0.3 is 27.0 Å². The number of anilines is 1. The average molecular weight is 290 g/mol. The lowest BCUT2D eigenvalue weighted by atomic mass is 10.2. The standard InChI is InChI=1S/C8H8ClNO3.C4H12N2/c1-13-7-3-6(10)5(9)2-4(7)8(11)12;1-2-4(6)3-5/h2-3H,10H2,1H3,(H,11,12);4H,2-3,5-6H2,1H3. The Morgan fingerprint density at radius 3 is 2.42 bits per heavy atom. The highest BCUT2D eigenvalue weighted by Gasteiger charge is 2.13. The summed E-state index contributed by atoms with van der Waals surface area (Å²) in [5.74, 6) is -0.895. The van der Waals surface area contributed by atoms with Gasteiger partial charge in [-0.25, -0.2) is 4.79 Å². The van der Waals surface area contributed by atoms with Gasteiger partial charge in [-0.15, -0.1) is 0 Å². The van der Waals surface area contributed by atoms with Crippen molar-refractivity contribution >= 4 is 23.3 Å². The number of hydrogen-bond donors (Lipinski definition) is 4. The molecule has 0 radical (unpaired) electrons. The van der Waals surface area contributed by atoms with Crippen molar-refractivity contribution in [1.29, 1.82) is 0 Å². The molecule has 7 N–H and O–H groups in total. The second-order valence-electron chi connectivity index (χ2n) is 3.78. The number of carbonyl (C=O) groups is 1. The summed E-state index contributed by atoms with van der Waals surface area (Å²) in [5.41, 5.74) is 16.3. The summed E-state index contributed by atoms with van der Waals surface area (Å²) < 4.78 is 4.82. The number of aromatic carboxylic acids is 1. The third-order valence-corrected chi connectivity index (χ3v) is 2.70. The number of ether oxygens (including phenoxy) is 1. The highest BCUT2D eigenvalue weighted by Crippen LogP contribution is 2.28. The molecule has 0 bridgehead atoms. The highest BCUT2D eigenvalue weighted by atomic mass is 35.5. The Kier molecular flexibility index (Phi) is 7.90. The van der Waals surface area contributed by atoms with Gasteiger partial charge in [0.15, 0.2) is 0 Å². The molecule has 0 fully saturated rings. The Hall–Kier alpha value is -1.50.